The van der Waals surface area contributed by atoms with Crippen molar-refractivity contribution in [3.05, 3.63) is 29.8 Å². The number of ether oxygens (including phenoxy) is 2. The largest absolute Gasteiger partial charge is 0.446 e. The third-order valence-corrected chi connectivity index (χ3v) is 2.98. The molecule has 0 bridgehead atoms. The van der Waals surface area contributed by atoms with E-state index in [2.05, 4.69) is 10.6 Å². The number of amides is 1. The van der Waals surface area contributed by atoms with Crippen LogP contribution in [0.4, 0.5) is 19.3 Å². The van der Waals surface area contributed by atoms with Crippen LogP contribution >= 0.6 is 0 Å². The van der Waals surface area contributed by atoms with Gasteiger partial charge < -0.3 is 14.8 Å². The van der Waals surface area contributed by atoms with Crippen LogP contribution in [0.3, 0.4) is 0 Å². The van der Waals surface area contributed by atoms with E-state index in [1.807, 2.05) is 13.8 Å². The van der Waals surface area contributed by atoms with Gasteiger partial charge in [0.15, 0.2) is 0 Å². The van der Waals surface area contributed by atoms with Crippen LogP contribution in [0.15, 0.2) is 18.2 Å². The van der Waals surface area contributed by atoms with Crippen molar-refractivity contribution in [2.45, 2.75) is 25.6 Å². The molecule has 1 aliphatic rings. The summed E-state index contributed by atoms with van der Waals surface area (Å²) in [6.45, 7) is 5.20. The van der Waals surface area contributed by atoms with Gasteiger partial charge in [0.2, 0.25) is 0 Å². The summed E-state index contributed by atoms with van der Waals surface area (Å²) in [7, 11) is 0. The van der Waals surface area contributed by atoms with Gasteiger partial charge in [0.05, 0.1) is 11.3 Å². The first-order valence-electron chi connectivity index (χ1n) is 6.63. The molecular weight excluding hydrogens is 282 g/mol. The van der Waals surface area contributed by atoms with Gasteiger partial charge in [-0.15, -0.1) is 0 Å². The zero-order valence-electron chi connectivity index (χ0n) is 11.9. The molecule has 1 atom stereocenters. The Morgan fingerprint density at radius 3 is 2.95 bits per heavy atom. The number of halogens is 2. The average molecular weight is 300 g/mol. The monoisotopic (exact) mass is 300 g/mol. The SMILES string of the molecule is CC1(C)CNCC(COC(=O)Nc2ccc(F)cc2F)O1. The lowest BCUT2D eigenvalue weighted by Gasteiger charge is -2.36. The topological polar surface area (TPSA) is 59.6 Å². The normalized spacial score (nSPS) is 20.9. The van der Waals surface area contributed by atoms with Gasteiger partial charge in [-0.3, -0.25) is 5.32 Å². The highest BCUT2D eigenvalue weighted by Gasteiger charge is 2.29. The van der Waals surface area contributed by atoms with E-state index < -0.39 is 17.7 Å². The van der Waals surface area contributed by atoms with Crippen LogP contribution in [-0.4, -0.2) is 37.5 Å². The van der Waals surface area contributed by atoms with Gasteiger partial charge >= 0.3 is 6.09 Å². The van der Waals surface area contributed by atoms with Crippen molar-refractivity contribution in [3.8, 4) is 0 Å². The van der Waals surface area contributed by atoms with E-state index in [9.17, 15) is 13.6 Å². The molecule has 2 N–H and O–H groups in total. The summed E-state index contributed by atoms with van der Waals surface area (Å²) in [5.74, 6) is -1.57. The number of hydrogen-bond acceptors (Lipinski definition) is 4. The Balaban J connectivity index is 1.82. The average Bonchev–Trinajstić information content (AvgIpc) is 2.39. The summed E-state index contributed by atoms with van der Waals surface area (Å²) in [5.41, 5.74) is -0.462. The molecule has 2 rings (SSSR count). The van der Waals surface area contributed by atoms with E-state index in [1.54, 1.807) is 0 Å². The Kier molecular flexibility index (Phi) is 4.74. The molecule has 116 valence electrons. The molecule has 1 aromatic carbocycles. The first-order valence-corrected chi connectivity index (χ1v) is 6.63. The fourth-order valence-corrected chi connectivity index (χ4v) is 2.07. The Morgan fingerprint density at radius 1 is 1.52 bits per heavy atom. The zero-order chi connectivity index (χ0) is 15.5. The van der Waals surface area contributed by atoms with Crippen molar-refractivity contribution >= 4 is 11.8 Å². The van der Waals surface area contributed by atoms with Crippen LogP contribution in [0.25, 0.3) is 0 Å². The lowest BCUT2D eigenvalue weighted by molar-refractivity contribution is -0.110. The number of carbonyl (C=O) groups is 1. The highest BCUT2D eigenvalue weighted by Crippen LogP contribution is 2.17. The van der Waals surface area contributed by atoms with E-state index in [0.717, 1.165) is 18.7 Å². The Bertz CT molecular complexity index is 523. The maximum atomic E-state index is 13.4. The Hall–Kier alpha value is -1.73. The van der Waals surface area contributed by atoms with Crippen molar-refractivity contribution < 1.29 is 23.0 Å². The van der Waals surface area contributed by atoms with Crippen LogP contribution in [0.1, 0.15) is 13.8 Å². The predicted molar refractivity (Wildman–Crippen MR) is 73.2 cm³/mol. The van der Waals surface area contributed by atoms with Gasteiger partial charge in [-0.2, -0.15) is 0 Å². The van der Waals surface area contributed by atoms with E-state index in [0.29, 0.717) is 12.6 Å². The van der Waals surface area contributed by atoms with Gasteiger partial charge in [-0.25, -0.2) is 13.6 Å². The van der Waals surface area contributed by atoms with Crippen molar-refractivity contribution in [2.75, 3.05) is 25.0 Å². The predicted octanol–water partition coefficient (Wildman–Crippen LogP) is 2.28. The molecule has 1 fully saturated rings. The molecule has 1 aliphatic heterocycles. The van der Waals surface area contributed by atoms with E-state index in [4.69, 9.17) is 9.47 Å². The second kappa shape index (κ2) is 6.36. The van der Waals surface area contributed by atoms with E-state index >= 15 is 0 Å². The second-order valence-electron chi connectivity index (χ2n) is 5.48. The smallest absolute Gasteiger partial charge is 0.411 e. The quantitative estimate of drug-likeness (QED) is 0.899. The fraction of sp³-hybridized carbons (Fsp3) is 0.500. The lowest BCUT2D eigenvalue weighted by Crippen LogP contribution is -2.52. The minimum Gasteiger partial charge on any atom is -0.446 e. The first-order chi connectivity index (χ1) is 9.85. The zero-order valence-corrected chi connectivity index (χ0v) is 11.9. The molecule has 21 heavy (non-hydrogen) atoms. The second-order valence-corrected chi connectivity index (χ2v) is 5.48. The van der Waals surface area contributed by atoms with Crippen molar-refractivity contribution in [1.29, 1.82) is 0 Å². The van der Waals surface area contributed by atoms with Gasteiger partial charge in [0, 0.05) is 19.2 Å². The maximum Gasteiger partial charge on any atom is 0.411 e. The minimum atomic E-state index is -0.858. The van der Waals surface area contributed by atoms with Crippen LogP contribution in [0.5, 0.6) is 0 Å². The summed E-state index contributed by atoms with van der Waals surface area (Å²) < 4.78 is 36.8. The molecule has 1 aromatic rings. The van der Waals surface area contributed by atoms with Crippen LogP contribution in [-0.2, 0) is 9.47 Å². The van der Waals surface area contributed by atoms with E-state index in [-0.39, 0.29) is 24.0 Å². The third-order valence-electron chi connectivity index (χ3n) is 2.98. The molecule has 0 radical (unpaired) electrons. The molecule has 1 amide bonds. The molecule has 7 heteroatoms. The van der Waals surface area contributed by atoms with Gasteiger partial charge in [0.1, 0.15) is 24.3 Å². The highest BCUT2D eigenvalue weighted by molar-refractivity contribution is 5.84. The number of benzene rings is 1. The first kappa shape index (κ1) is 15.7. The number of carbonyl (C=O) groups excluding carboxylic acids is 1. The fourth-order valence-electron chi connectivity index (χ4n) is 2.07. The number of hydrogen-bond donors (Lipinski definition) is 2. The standard InChI is InChI=1S/C14H18F2N2O3/c1-14(2)8-17-6-10(21-14)7-20-13(19)18-12-4-3-9(15)5-11(12)16/h3-5,10,17H,6-8H2,1-2H3,(H,18,19). The molecule has 0 saturated carbocycles. The molecular formula is C14H18F2N2O3. The number of anilines is 1. The van der Waals surface area contributed by atoms with Crippen LogP contribution in [0.2, 0.25) is 0 Å². The number of nitrogens with one attached hydrogen (secondary N) is 2. The van der Waals surface area contributed by atoms with Gasteiger partial charge in [0.25, 0.3) is 0 Å². The molecule has 0 aromatic heterocycles. The highest BCUT2D eigenvalue weighted by atomic mass is 19.1. The molecule has 5 nitrogen and oxygen atoms in total. The summed E-state index contributed by atoms with van der Waals surface area (Å²) >= 11 is 0. The summed E-state index contributed by atoms with van der Waals surface area (Å²) in [6, 6.07) is 2.87. The van der Waals surface area contributed by atoms with Crippen LogP contribution in [0, 0.1) is 11.6 Å². The minimum absolute atomic E-state index is 0.0467. The Labute approximate surface area is 121 Å². The summed E-state index contributed by atoms with van der Waals surface area (Å²) in [5, 5.41) is 5.39. The van der Waals surface area contributed by atoms with Gasteiger partial charge in [-0.05, 0) is 26.0 Å². The molecule has 1 heterocycles. The lowest BCUT2D eigenvalue weighted by atomic mass is 10.1. The number of morpholine rings is 1. The molecule has 0 aliphatic carbocycles. The van der Waals surface area contributed by atoms with Crippen molar-refractivity contribution in [3.63, 3.8) is 0 Å². The van der Waals surface area contributed by atoms with Crippen molar-refractivity contribution in [2.24, 2.45) is 0 Å². The van der Waals surface area contributed by atoms with Crippen molar-refractivity contribution in [1.82, 2.24) is 5.32 Å². The molecule has 1 unspecified atom stereocenters. The Morgan fingerprint density at radius 2 is 2.29 bits per heavy atom. The van der Waals surface area contributed by atoms with E-state index in [1.165, 1.54) is 0 Å². The third kappa shape index (κ3) is 4.64. The van der Waals surface area contributed by atoms with Gasteiger partial charge in [-0.1, -0.05) is 0 Å². The molecule has 1 saturated heterocycles. The number of rotatable bonds is 3. The maximum absolute atomic E-state index is 13.4. The molecule has 0 spiro atoms. The summed E-state index contributed by atoms with van der Waals surface area (Å²) in [6.07, 6.45) is -1.08. The van der Waals surface area contributed by atoms with Crippen LogP contribution < -0.4 is 10.6 Å². The summed E-state index contributed by atoms with van der Waals surface area (Å²) in [4.78, 5) is 11.6.